The normalized spacial score (nSPS) is 18.9. The molecule has 37 heavy (non-hydrogen) atoms. The smallest absolute Gasteiger partial charge is 0.421 e. The number of halogens is 5. The maximum absolute atomic E-state index is 14.3. The molecule has 3 aromatic rings. The molecule has 3 aromatic heterocycles. The van der Waals surface area contributed by atoms with E-state index in [1.54, 1.807) is 4.90 Å². The minimum atomic E-state index is -5.03. The molecule has 1 fully saturated rings. The van der Waals surface area contributed by atoms with Crippen LogP contribution in [0.5, 0.6) is 6.01 Å². The maximum Gasteiger partial charge on any atom is 0.421 e. The van der Waals surface area contributed by atoms with Crippen LogP contribution in [0.25, 0.3) is 22.3 Å². The average Bonchev–Trinajstić information content (AvgIpc) is 3.25. The lowest BCUT2D eigenvalue weighted by atomic mass is 10.1. The minimum Gasteiger partial charge on any atom is -0.462 e. The van der Waals surface area contributed by atoms with E-state index < -0.39 is 29.1 Å². The molecule has 5 heterocycles. The van der Waals surface area contributed by atoms with Gasteiger partial charge in [0, 0.05) is 24.8 Å². The summed E-state index contributed by atoms with van der Waals surface area (Å²) in [5.74, 6) is -1.97. The van der Waals surface area contributed by atoms with Crippen molar-refractivity contribution in [2.24, 2.45) is 0 Å². The van der Waals surface area contributed by atoms with E-state index in [-0.39, 0.29) is 35.6 Å². The first kappa shape index (κ1) is 25.1. The lowest BCUT2D eigenvalue weighted by Gasteiger charge is -2.27. The van der Waals surface area contributed by atoms with Crippen molar-refractivity contribution in [3.63, 3.8) is 0 Å². The minimum absolute atomic E-state index is 0.00216. The number of nitrogen functional groups attached to an aromatic ring is 1. The summed E-state index contributed by atoms with van der Waals surface area (Å²) >= 11 is 0. The first-order valence-corrected chi connectivity index (χ1v) is 11.7. The van der Waals surface area contributed by atoms with Gasteiger partial charge in [-0.05, 0) is 45.0 Å². The lowest BCUT2D eigenvalue weighted by molar-refractivity contribution is -0.139. The number of likely N-dealkylation sites (tertiary alicyclic amines) is 1. The molecule has 0 radical (unpaired) electrons. The Morgan fingerprint density at radius 1 is 1.14 bits per heavy atom. The highest BCUT2D eigenvalue weighted by molar-refractivity contribution is 5.91. The first-order valence-electron chi connectivity index (χ1n) is 11.7. The lowest BCUT2D eigenvalue weighted by Crippen LogP contribution is -2.32. The van der Waals surface area contributed by atoms with E-state index in [1.807, 2.05) is 7.05 Å². The third-order valence-electron chi connectivity index (χ3n) is 6.54. The standard InChI is InChI=1S/C24H24F5N7O/c1-35-6-3-5-14(35)12-37-23-32-17-9-18(21-20(24(27,28)29)16(26)8-19(30)33-21)31-10-15(17)22(34-23)36-7-2-4-13(25)11-36/h4,8-10,14H,2-3,5-7,11-12H2,1H3,(H2,30,33). The molecule has 8 nitrogen and oxygen atoms in total. The fraction of sp³-hybridized carbons (Fsp3) is 0.417. The Kier molecular flexibility index (Phi) is 6.56. The molecule has 0 saturated carbocycles. The van der Waals surface area contributed by atoms with Crippen LogP contribution in [0, 0.1) is 5.82 Å². The molecule has 2 aliphatic heterocycles. The van der Waals surface area contributed by atoms with E-state index in [0.29, 0.717) is 36.8 Å². The van der Waals surface area contributed by atoms with Crippen molar-refractivity contribution in [2.45, 2.75) is 31.5 Å². The molecule has 2 aliphatic rings. The second-order valence-corrected chi connectivity index (χ2v) is 9.12. The number of hydrogen-bond acceptors (Lipinski definition) is 8. The highest BCUT2D eigenvalue weighted by Gasteiger charge is 2.39. The number of nitrogens with two attached hydrogens (primary N) is 1. The Balaban J connectivity index is 1.61. The summed E-state index contributed by atoms with van der Waals surface area (Å²) < 4.78 is 75.4. The highest BCUT2D eigenvalue weighted by atomic mass is 19.4. The van der Waals surface area contributed by atoms with E-state index in [2.05, 4.69) is 24.8 Å². The molecule has 1 atom stereocenters. The topological polar surface area (TPSA) is 93.3 Å². The predicted molar refractivity (Wildman–Crippen MR) is 127 cm³/mol. The largest absolute Gasteiger partial charge is 0.462 e. The fourth-order valence-electron chi connectivity index (χ4n) is 4.66. The van der Waals surface area contributed by atoms with Gasteiger partial charge < -0.3 is 20.3 Å². The number of rotatable bonds is 5. The van der Waals surface area contributed by atoms with Crippen LogP contribution < -0.4 is 15.4 Å². The zero-order chi connectivity index (χ0) is 26.3. The molecule has 2 N–H and O–H groups in total. The number of nitrogens with zero attached hydrogens (tertiary/aromatic N) is 6. The molecular weight excluding hydrogens is 497 g/mol. The number of likely N-dealkylation sites (N-methyl/N-ethyl adjacent to an activating group) is 1. The van der Waals surface area contributed by atoms with Gasteiger partial charge in [0.25, 0.3) is 0 Å². The summed E-state index contributed by atoms with van der Waals surface area (Å²) in [4.78, 5) is 20.6. The molecule has 0 spiro atoms. The molecule has 13 heteroatoms. The third kappa shape index (κ3) is 5.13. The van der Waals surface area contributed by atoms with Crippen molar-refractivity contribution in [2.75, 3.05) is 43.9 Å². The van der Waals surface area contributed by atoms with Gasteiger partial charge in [-0.2, -0.15) is 23.1 Å². The number of aromatic nitrogens is 4. The highest BCUT2D eigenvalue weighted by Crippen LogP contribution is 2.39. The third-order valence-corrected chi connectivity index (χ3v) is 6.54. The van der Waals surface area contributed by atoms with Crippen LogP contribution >= 0.6 is 0 Å². The van der Waals surface area contributed by atoms with Crippen molar-refractivity contribution in [3.8, 4) is 17.4 Å². The van der Waals surface area contributed by atoms with Crippen molar-refractivity contribution in [1.29, 1.82) is 0 Å². The Hall–Kier alpha value is -3.61. The van der Waals surface area contributed by atoms with Gasteiger partial charge in [0.1, 0.15) is 41.1 Å². The van der Waals surface area contributed by atoms with Gasteiger partial charge in [0.15, 0.2) is 0 Å². The summed E-state index contributed by atoms with van der Waals surface area (Å²) in [5, 5.41) is 0.377. The van der Waals surface area contributed by atoms with E-state index >= 15 is 0 Å². The van der Waals surface area contributed by atoms with Crippen molar-refractivity contribution >= 4 is 22.5 Å². The molecule has 1 unspecified atom stereocenters. The van der Waals surface area contributed by atoms with Crippen LogP contribution in [0.3, 0.4) is 0 Å². The molecule has 0 aliphatic carbocycles. The average molecular weight is 521 g/mol. The van der Waals surface area contributed by atoms with Crippen molar-refractivity contribution in [1.82, 2.24) is 24.8 Å². The van der Waals surface area contributed by atoms with Crippen molar-refractivity contribution < 1.29 is 26.7 Å². The van der Waals surface area contributed by atoms with Crippen LogP contribution in [0.2, 0.25) is 0 Å². The van der Waals surface area contributed by atoms with Gasteiger partial charge in [0.2, 0.25) is 0 Å². The molecule has 1 saturated heterocycles. The van der Waals surface area contributed by atoms with E-state index in [1.165, 1.54) is 18.3 Å². The molecule has 0 amide bonds. The van der Waals surface area contributed by atoms with E-state index in [9.17, 15) is 22.0 Å². The van der Waals surface area contributed by atoms with Gasteiger partial charge in [-0.15, -0.1) is 0 Å². The number of hydrogen-bond donors (Lipinski definition) is 1. The summed E-state index contributed by atoms with van der Waals surface area (Å²) in [5.41, 5.74) is 3.13. The quantitative estimate of drug-likeness (QED) is 0.495. The second-order valence-electron chi connectivity index (χ2n) is 9.12. The predicted octanol–water partition coefficient (Wildman–Crippen LogP) is 4.36. The first-order chi connectivity index (χ1) is 17.6. The Labute approximate surface area is 209 Å². The Morgan fingerprint density at radius 3 is 2.65 bits per heavy atom. The van der Waals surface area contributed by atoms with Crippen LogP contribution in [0.4, 0.5) is 33.6 Å². The van der Waals surface area contributed by atoms with Gasteiger partial charge in [-0.1, -0.05) is 0 Å². The summed E-state index contributed by atoms with van der Waals surface area (Å²) in [7, 11) is 1.99. The summed E-state index contributed by atoms with van der Waals surface area (Å²) in [6.07, 6.45) is 0.157. The van der Waals surface area contributed by atoms with Crippen LogP contribution in [-0.2, 0) is 6.18 Å². The monoisotopic (exact) mass is 521 g/mol. The molecule has 0 aromatic carbocycles. The zero-order valence-corrected chi connectivity index (χ0v) is 19.9. The second kappa shape index (κ2) is 9.69. The van der Waals surface area contributed by atoms with Gasteiger partial charge in [-0.25, -0.2) is 13.8 Å². The SMILES string of the molecule is CN1CCCC1COc1nc(N2CCC=C(F)C2)c2cnc(-c3nc(N)cc(F)c3C(F)(F)F)cc2n1. The van der Waals surface area contributed by atoms with Crippen LogP contribution in [-0.4, -0.2) is 64.2 Å². The summed E-state index contributed by atoms with van der Waals surface area (Å²) in [6.45, 7) is 1.69. The zero-order valence-electron chi connectivity index (χ0n) is 19.9. The van der Waals surface area contributed by atoms with Gasteiger partial charge in [0.05, 0.1) is 23.1 Å². The molecule has 5 rings (SSSR count). The number of anilines is 2. The Morgan fingerprint density at radius 2 is 1.95 bits per heavy atom. The Bertz CT molecular complexity index is 1360. The molecule has 196 valence electrons. The number of ether oxygens (including phenoxy) is 1. The van der Waals surface area contributed by atoms with Crippen LogP contribution in [0.15, 0.2) is 30.2 Å². The van der Waals surface area contributed by atoms with E-state index in [0.717, 1.165) is 19.4 Å². The van der Waals surface area contributed by atoms with Gasteiger partial charge >= 0.3 is 12.2 Å². The fourth-order valence-corrected chi connectivity index (χ4v) is 4.66. The molecule has 0 bridgehead atoms. The van der Waals surface area contributed by atoms with E-state index in [4.69, 9.17) is 10.5 Å². The number of fused-ring (bicyclic) bond motifs is 1. The summed E-state index contributed by atoms with van der Waals surface area (Å²) in [6, 6.07) is 1.93. The van der Waals surface area contributed by atoms with Crippen LogP contribution in [0.1, 0.15) is 24.8 Å². The molecular formula is C24H24F5N7O. The van der Waals surface area contributed by atoms with Crippen molar-refractivity contribution in [3.05, 3.63) is 41.6 Å². The number of pyridine rings is 2. The maximum atomic E-state index is 14.3. The van der Waals surface area contributed by atoms with Gasteiger partial charge in [-0.3, -0.25) is 4.98 Å². The number of alkyl halides is 3.